The van der Waals surface area contributed by atoms with E-state index in [-0.39, 0.29) is 13.2 Å². The summed E-state index contributed by atoms with van der Waals surface area (Å²) in [6.45, 7) is 2.80. The number of unbranched alkanes of at least 4 members (excludes halogenated alkanes) is 6. The fraction of sp³-hybridized carbons (Fsp3) is 0.205. The summed E-state index contributed by atoms with van der Waals surface area (Å²) in [5, 5.41) is 11.0. The molecule has 0 saturated heterocycles. The van der Waals surface area contributed by atoms with E-state index in [0.717, 1.165) is 152 Å². The molecule has 0 radical (unpaired) electrons. The second-order valence-electron chi connectivity index (χ2n) is 24.9. The number of carbonyl (C=O) groups excluding carboxylic acids is 4. The summed E-state index contributed by atoms with van der Waals surface area (Å²) in [5.74, 6) is 0. The molecular formula is C88H88N6O8. The lowest BCUT2D eigenvalue weighted by atomic mass is 9.99. The van der Waals surface area contributed by atoms with E-state index >= 15 is 0 Å². The van der Waals surface area contributed by atoms with Gasteiger partial charge < -0.3 is 50.0 Å². The molecule has 0 saturated carbocycles. The van der Waals surface area contributed by atoms with Crippen LogP contribution in [0.25, 0.3) is 66.8 Å². The first-order valence-electron chi connectivity index (χ1n) is 35.2. The molecular weight excluding hydrogens is 1270 g/mol. The summed E-state index contributed by atoms with van der Waals surface area (Å²) < 4.78 is 20.1. The summed E-state index contributed by atoms with van der Waals surface area (Å²) in [6, 6.07) is 99.1. The topological polar surface area (TPSA) is 160 Å². The smallest absolute Gasteiger partial charge is 0.407 e. The molecule has 0 spiro atoms. The normalized spacial score (nSPS) is 10.8. The fourth-order valence-electron chi connectivity index (χ4n) is 12.3. The molecule has 11 aromatic rings. The summed E-state index contributed by atoms with van der Waals surface area (Å²) in [5.41, 5.74) is 21.9. The number of benzene rings is 11. The molecule has 518 valence electrons. The predicted octanol–water partition coefficient (Wildman–Crippen LogP) is 21.0. The molecule has 11 rings (SSSR count). The van der Waals surface area contributed by atoms with E-state index in [0.29, 0.717) is 39.0 Å². The first kappa shape index (κ1) is 71.4. The number of amides is 4. The third kappa shape index (κ3) is 20.6. The second-order valence-corrected chi connectivity index (χ2v) is 24.9. The van der Waals surface area contributed by atoms with Crippen LogP contribution in [0.4, 0.5) is 53.3 Å². The number of rotatable bonds is 32. The summed E-state index contributed by atoms with van der Waals surface area (Å²) >= 11 is 0. The zero-order valence-electron chi connectivity index (χ0n) is 58.0. The highest BCUT2D eigenvalue weighted by Gasteiger charge is 2.18. The van der Waals surface area contributed by atoms with E-state index in [1.165, 1.54) is 25.3 Å². The van der Waals surface area contributed by atoms with Crippen molar-refractivity contribution in [2.75, 3.05) is 63.4 Å². The molecule has 14 nitrogen and oxygen atoms in total. The minimum atomic E-state index is -0.420. The van der Waals surface area contributed by atoms with Crippen LogP contribution in [-0.2, 0) is 31.8 Å². The van der Waals surface area contributed by atoms with Gasteiger partial charge in [-0.3, -0.25) is 0 Å². The van der Waals surface area contributed by atoms with Gasteiger partial charge in [0.25, 0.3) is 0 Å². The largest absolute Gasteiger partial charge is 0.453 e. The van der Waals surface area contributed by atoms with Crippen LogP contribution in [0.1, 0.15) is 62.5 Å². The maximum absolute atomic E-state index is 12.3. The standard InChI is InChI=1S/C88H88N6O8/c1-99-85(95)89-59-13-3-5-15-61-91-87(97)101-63-57-65-21-25-69(26-22-65)75-37-49-81(50-38-75)93(79-45-33-73(34-46-79)67-17-9-7-10-18-67)83-53-41-77(42-54-83)71-29-31-72(32-30-71)78-43-55-84(56-44-78)94(80-47-35-74(36-48-80)68-19-11-8-12-20-68)82-51-39-76(40-52-82)70-27-23-66(24-28-70)58-64-102-88(98)92-62-16-6-4-14-60-90-86(96)100-2/h7-12,17-56H,3-6,13-16,57-64H2,1-2H3,(H,89,95)(H,90,96)(H,91,97)(H,92,98). The zero-order chi connectivity index (χ0) is 70.5. The van der Waals surface area contributed by atoms with Gasteiger partial charge in [-0.2, -0.15) is 0 Å². The van der Waals surface area contributed by atoms with Gasteiger partial charge >= 0.3 is 24.4 Å². The minimum Gasteiger partial charge on any atom is -0.453 e. The molecule has 4 N–H and O–H groups in total. The lowest BCUT2D eigenvalue weighted by Gasteiger charge is -2.26. The molecule has 0 aromatic heterocycles. The Morgan fingerprint density at radius 3 is 0.667 bits per heavy atom. The summed E-state index contributed by atoms with van der Waals surface area (Å²) in [7, 11) is 2.70. The molecule has 0 aliphatic carbocycles. The highest BCUT2D eigenvalue weighted by atomic mass is 16.6. The molecule has 0 bridgehead atoms. The second kappa shape index (κ2) is 37.3. The lowest BCUT2D eigenvalue weighted by molar-refractivity contribution is 0.146. The Morgan fingerprint density at radius 2 is 0.441 bits per heavy atom. The van der Waals surface area contributed by atoms with Gasteiger partial charge in [-0.1, -0.05) is 232 Å². The molecule has 0 fully saturated rings. The third-order valence-electron chi connectivity index (χ3n) is 18.0. The van der Waals surface area contributed by atoms with Crippen molar-refractivity contribution in [3.05, 3.63) is 290 Å². The minimum absolute atomic E-state index is 0.285. The average molecular weight is 1360 g/mol. The first-order valence-corrected chi connectivity index (χ1v) is 35.2. The average Bonchev–Trinajstić information content (AvgIpc) is 0.800. The maximum atomic E-state index is 12.3. The van der Waals surface area contributed by atoms with Crippen molar-refractivity contribution in [3.63, 3.8) is 0 Å². The SMILES string of the molecule is COC(=O)NCCCCCCNC(=O)OCCc1ccc(-c2ccc(N(c3ccc(-c4ccccc4)cc3)c3ccc(-c4ccc(-c5ccc(N(c6ccc(-c7ccccc7)cc6)c6ccc(-c7ccc(CCOC(=O)NCCCCCCNC(=O)OC)cc7)cc6)cc5)cc4)cc3)cc2)cc1. The molecule has 11 aromatic carbocycles. The Labute approximate surface area is 599 Å². The predicted molar refractivity (Wildman–Crippen MR) is 412 cm³/mol. The number of ether oxygens (including phenoxy) is 4. The molecule has 14 heteroatoms. The van der Waals surface area contributed by atoms with E-state index in [4.69, 9.17) is 9.47 Å². The van der Waals surface area contributed by atoms with Crippen molar-refractivity contribution in [2.24, 2.45) is 0 Å². The Hall–Kier alpha value is -11.9. The quantitative estimate of drug-likeness (QED) is 0.0236. The number of methoxy groups -OCH3 is 2. The van der Waals surface area contributed by atoms with Crippen LogP contribution in [0.15, 0.2) is 279 Å². The van der Waals surface area contributed by atoms with Crippen molar-refractivity contribution < 1.29 is 38.1 Å². The number of alkyl carbamates (subject to hydrolysis) is 4. The number of nitrogens with one attached hydrogen (secondary N) is 4. The Bertz CT molecular complexity index is 4100. The van der Waals surface area contributed by atoms with Gasteiger partial charge in [0.2, 0.25) is 0 Å². The molecule has 102 heavy (non-hydrogen) atoms. The zero-order valence-corrected chi connectivity index (χ0v) is 58.0. The molecule has 0 heterocycles. The summed E-state index contributed by atoms with van der Waals surface area (Å²) in [6.07, 6.45) is 6.72. The molecule has 0 unspecified atom stereocenters. The van der Waals surface area contributed by atoms with Crippen LogP contribution < -0.4 is 31.1 Å². The highest BCUT2D eigenvalue weighted by molar-refractivity contribution is 5.84. The van der Waals surface area contributed by atoms with Crippen LogP contribution in [0.3, 0.4) is 0 Å². The number of nitrogens with zero attached hydrogens (tertiary/aromatic N) is 2. The van der Waals surface area contributed by atoms with Gasteiger partial charge in [-0.15, -0.1) is 0 Å². The van der Waals surface area contributed by atoms with Crippen molar-refractivity contribution in [3.8, 4) is 66.8 Å². The van der Waals surface area contributed by atoms with E-state index in [1.807, 2.05) is 12.1 Å². The van der Waals surface area contributed by atoms with Gasteiger partial charge in [-0.05, 0) is 176 Å². The number of carbonyl (C=O) groups is 4. The van der Waals surface area contributed by atoms with Gasteiger partial charge in [0.1, 0.15) is 0 Å². The van der Waals surface area contributed by atoms with Crippen molar-refractivity contribution >= 4 is 58.5 Å². The number of anilines is 6. The van der Waals surface area contributed by atoms with Crippen LogP contribution in [0.2, 0.25) is 0 Å². The van der Waals surface area contributed by atoms with Gasteiger partial charge in [-0.25, -0.2) is 19.2 Å². The summed E-state index contributed by atoms with van der Waals surface area (Å²) in [4.78, 5) is 51.7. The fourth-order valence-corrected chi connectivity index (χ4v) is 12.3. The van der Waals surface area contributed by atoms with E-state index in [9.17, 15) is 19.2 Å². The van der Waals surface area contributed by atoms with Crippen molar-refractivity contribution in [1.82, 2.24) is 21.3 Å². The number of hydrogen-bond acceptors (Lipinski definition) is 10. The van der Waals surface area contributed by atoms with Crippen molar-refractivity contribution in [2.45, 2.75) is 64.2 Å². The van der Waals surface area contributed by atoms with E-state index < -0.39 is 24.4 Å². The lowest BCUT2D eigenvalue weighted by Crippen LogP contribution is -2.26. The van der Waals surface area contributed by atoms with Gasteiger partial charge in [0.15, 0.2) is 0 Å². The van der Waals surface area contributed by atoms with E-state index in [2.05, 4.69) is 307 Å². The van der Waals surface area contributed by atoms with Gasteiger partial charge in [0, 0.05) is 73.1 Å². The Kier molecular flexibility index (Phi) is 26.1. The molecule has 0 atom stereocenters. The van der Waals surface area contributed by atoms with Crippen LogP contribution in [0, 0.1) is 0 Å². The Balaban J connectivity index is 0.722. The number of hydrogen-bond donors (Lipinski definition) is 4. The van der Waals surface area contributed by atoms with Crippen LogP contribution in [0.5, 0.6) is 0 Å². The maximum Gasteiger partial charge on any atom is 0.407 e. The monoisotopic (exact) mass is 1360 g/mol. The van der Waals surface area contributed by atoms with Crippen LogP contribution in [-0.4, -0.2) is 78.0 Å². The highest BCUT2D eigenvalue weighted by Crippen LogP contribution is 2.41. The van der Waals surface area contributed by atoms with E-state index in [1.54, 1.807) is 0 Å². The Morgan fingerprint density at radius 1 is 0.245 bits per heavy atom. The molecule has 4 amide bonds. The van der Waals surface area contributed by atoms with Crippen molar-refractivity contribution in [1.29, 1.82) is 0 Å². The third-order valence-corrected chi connectivity index (χ3v) is 18.0. The van der Waals surface area contributed by atoms with Gasteiger partial charge in [0.05, 0.1) is 27.4 Å². The first-order chi connectivity index (χ1) is 50.1. The molecule has 0 aliphatic heterocycles. The van der Waals surface area contributed by atoms with Crippen LogP contribution >= 0.6 is 0 Å². The molecule has 0 aliphatic rings.